The van der Waals surface area contributed by atoms with Crippen LogP contribution in [0.2, 0.25) is 0 Å². The van der Waals surface area contributed by atoms with Crippen LogP contribution in [0.5, 0.6) is 0 Å². The minimum Gasteiger partial charge on any atom is -0.822 e. The van der Waals surface area contributed by atoms with Crippen molar-refractivity contribution < 1.29 is 109 Å². The molecule has 0 aliphatic rings. The standard InChI is InChI=1S/2Na.2H3O4P.2H2O/c;;2*1-5(2,3)4;;/h;;2*(H3,1,2,3,4);2*1H2/q2*+1;;;;/p-6. The van der Waals surface area contributed by atoms with E-state index in [1.165, 1.54) is 0 Å². The summed E-state index contributed by atoms with van der Waals surface area (Å²) in [5.41, 5.74) is 0. The predicted octanol–water partition coefficient (Wildman–Crippen LogP) is -13.3. The van der Waals surface area contributed by atoms with Gasteiger partial charge in [0.25, 0.3) is 0 Å². The molecule has 0 amide bonds. The molecule has 0 aliphatic heterocycles. The van der Waals surface area contributed by atoms with Crippen LogP contribution in [0.15, 0.2) is 0 Å². The summed E-state index contributed by atoms with van der Waals surface area (Å²) in [6.45, 7) is 0. The molecule has 0 rings (SSSR count). The van der Waals surface area contributed by atoms with E-state index >= 15 is 0 Å². The van der Waals surface area contributed by atoms with Crippen LogP contribution in [-0.2, 0) is 9.13 Å². The molecule has 0 heterocycles. The van der Waals surface area contributed by atoms with Crippen molar-refractivity contribution in [1.29, 1.82) is 0 Å². The second-order valence-electron chi connectivity index (χ2n) is 0.894. The van der Waals surface area contributed by atoms with Crippen LogP contribution in [0, 0.1) is 0 Å². The molecule has 0 unspecified atom stereocenters. The van der Waals surface area contributed by atoms with Crippen LogP contribution >= 0.6 is 15.6 Å². The maximum absolute atomic E-state index is 8.55. The molecule has 0 atom stereocenters. The monoisotopic (exact) mass is 272 g/mol. The van der Waals surface area contributed by atoms with E-state index in [4.69, 9.17) is 38.5 Å². The van der Waals surface area contributed by atoms with E-state index in [0.717, 1.165) is 0 Å². The second kappa shape index (κ2) is 15.1. The first-order chi connectivity index (χ1) is 4.00. The summed E-state index contributed by atoms with van der Waals surface area (Å²) in [4.78, 5) is 51.3. The van der Waals surface area contributed by atoms with E-state index in [-0.39, 0.29) is 70.1 Å². The van der Waals surface area contributed by atoms with Gasteiger partial charge in [0, 0.05) is 0 Å². The number of phosphoric acid groups is 2. The van der Waals surface area contributed by atoms with Crippen LogP contribution in [0.4, 0.5) is 0 Å². The third-order valence-electron chi connectivity index (χ3n) is 0. The van der Waals surface area contributed by atoms with Crippen molar-refractivity contribution in [3.8, 4) is 0 Å². The Balaban J connectivity index is -0.0000000178. The summed E-state index contributed by atoms with van der Waals surface area (Å²) in [5, 5.41) is 0. The molecule has 80 valence electrons. The molecule has 0 saturated heterocycles. The van der Waals surface area contributed by atoms with Gasteiger partial charge in [-0.1, -0.05) is 0 Å². The molecule has 0 bridgehead atoms. The Bertz CT molecular complexity index is 128. The Morgan fingerprint density at radius 1 is 0.571 bits per heavy atom. The van der Waals surface area contributed by atoms with E-state index in [2.05, 4.69) is 0 Å². The number of hydrogen-bond donors (Lipinski definition) is 0. The van der Waals surface area contributed by atoms with Crippen molar-refractivity contribution in [2.24, 2.45) is 0 Å². The van der Waals surface area contributed by atoms with Crippen molar-refractivity contribution in [1.82, 2.24) is 0 Å². The number of hydrogen-bond acceptors (Lipinski definition) is 8. The normalized spacial score (nSPS) is 8.43. The van der Waals surface area contributed by atoms with E-state index in [1.54, 1.807) is 0 Å². The van der Waals surface area contributed by atoms with Gasteiger partial charge in [-0.05, 0) is 0 Å². The minimum atomic E-state index is -5.39. The van der Waals surface area contributed by atoms with Crippen LogP contribution in [0.1, 0.15) is 0 Å². The average Bonchev–Trinajstić information content (AvgIpc) is 1.12. The summed E-state index contributed by atoms with van der Waals surface area (Å²) in [7, 11) is -10.8. The van der Waals surface area contributed by atoms with Crippen molar-refractivity contribution >= 4 is 15.6 Å². The second-order valence-corrected chi connectivity index (χ2v) is 2.68. The van der Waals surface area contributed by atoms with Gasteiger partial charge in [-0.15, -0.1) is 0 Å². The van der Waals surface area contributed by atoms with Crippen molar-refractivity contribution in [2.75, 3.05) is 0 Å². The molecule has 10 nitrogen and oxygen atoms in total. The molecule has 0 spiro atoms. The molecular weight excluding hydrogens is 268 g/mol. The van der Waals surface area contributed by atoms with Gasteiger partial charge in [-0.3, -0.25) is 0 Å². The fourth-order valence-corrected chi connectivity index (χ4v) is 0. The topological polar surface area (TPSA) is 236 Å². The fourth-order valence-electron chi connectivity index (χ4n) is 0. The molecule has 0 aromatic carbocycles. The first-order valence-corrected chi connectivity index (χ1v) is 4.38. The van der Waals surface area contributed by atoms with Gasteiger partial charge >= 0.3 is 59.1 Å². The minimum absolute atomic E-state index is 0. The van der Waals surface area contributed by atoms with E-state index < -0.39 is 15.6 Å². The largest absolute Gasteiger partial charge is 1.00 e. The van der Waals surface area contributed by atoms with Crippen LogP contribution in [0.3, 0.4) is 0 Å². The molecular formula is H4Na2O10P2-4. The summed E-state index contributed by atoms with van der Waals surface area (Å²) in [6, 6.07) is 0. The van der Waals surface area contributed by atoms with Crippen molar-refractivity contribution in [3.05, 3.63) is 0 Å². The zero-order valence-corrected chi connectivity index (χ0v) is 12.9. The average molecular weight is 272 g/mol. The molecule has 0 radical (unpaired) electrons. The Kier molecular flexibility index (Phi) is 38.9. The van der Waals surface area contributed by atoms with E-state index in [1.807, 2.05) is 0 Å². The molecule has 0 saturated carbocycles. The summed E-state index contributed by atoms with van der Waals surface area (Å²) >= 11 is 0. The molecule has 0 aliphatic carbocycles. The fraction of sp³-hybridized carbons (Fsp3) is 0. The van der Waals surface area contributed by atoms with Gasteiger partial charge in [0.05, 0.1) is 0 Å². The molecule has 0 fully saturated rings. The first-order valence-electron chi connectivity index (χ1n) is 1.46. The first kappa shape index (κ1) is 36.0. The predicted molar refractivity (Wildman–Crippen MR) is 22.4 cm³/mol. The molecule has 0 aromatic rings. The van der Waals surface area contributed by atoms with Crippen molar-refractivity contribution in [3.63, 3.8) is 0 Å². The van der Waals surface area contributed by atoms with Crippen molar-refractivity contribution in [2.45, 2.75) is 0 Å². The smallest absolute Gasteiger partial charge is 0.822 e. The Labute approximate surface area is 123 Å². The Morgan fingerprint density at radius 3 is 0.571 bits per heavy atom. The summed E-state index contributed by atoms with van der Waals surface area (Å²) in [5.74, 6) is 0. The quantitative estimate of drug-likeness (QED) is 0.302. The van der Waals surface area contributed by atoms with Crippen LogP contribution < -0.4 is 88.5 Å². The number of rotatable bonds is 0. The SMILES string of the molecule is O.O.O=P([O-])([O-])[O-].O=P([O-])([O-])[O-].[Na+].[Na+]. The van der Waals surface area contributed by atoms with Crippen LogP contribution in [0.25, 0.3) is 0 Å². The van der Waals surface area contributed by atoms with E-state index in [0.29, 0.717) is 0 Å². The molecule has 0 aromatic heterocycles. The third kappa shape index (κ3) is 533. The maximum Gasteiger partial charge on any atom is 1.00 e. The van der Waals surface area contributed by atoms with Gasteiger partial charge in [-0.2, -0.15) is 15.6 Å². The summed E-state index contributed by atoms with van der Waals surface area (Å²) in [6.07, 6.45) is 0. The van der Waals surface area contributed by atoms with Gasteiger partial charge in [0.1, 0.15) is 0 Å². The van der Waals surface area contributed by atoms with Crippen LogP contribution in [-0.4, -0.2) is 11.0 Å². The summed E-state index contributed by atoms with van der Waals surface area (Å²) < 4.78 is 17.1. The zero-order valence-electron chi connectivity index (χ0n) is 7.16. The van der Waals surface area contributed by atoms with Gasteiger partial charge in [0.15, 0.2) is 0 Å². The third-order valence-corrected chi connectivity index (χ3v) is 0. The van der Waals surface area contributed by atoms with E-state index in [9.17, 15) is 0 Å². The maximum atomic E-state index is 8.55. The Hall–Kier alpha value is 2.14. The van der Waals surface area contributed by atoms with Gasteiger partial charge < -0.3 is 49.4 Å². The molecule has 14 heavy (non-hydrogen) atoms. The molecule has 14 heteroatoms. The zero-order chi connectivity index (χ0) is 9.00. The Morgan fingerprint density at radius 2 is 0.571 bits per heavy atom. The van der Waals surface area contributed by atoms with Gasteiger partial charge in [-0.25, -0.2) is 0 Å². The molecule has 4 N–H and O–H groups in total. The van der Waals surface area contributed by atoms with Gasteiger partial charge in [0.2, 0.25) is 0 Å².